The zero-order valence-corrected chi connectivity index (χ0v) is 21.7. The number of hydrogen-bond donors (Lipinski definition) is 2. The zero-order valence-electron chi connectivity index (χ0n) is 21.0. The van der Waals surface area contributed by atoms with Crippen molar-refractivity contribution in [2.24, 2.45) is 5.92 Å². The van der Waals surface area contributed by atoms with Gasteiger partial charge in [0.2, 0.25) is 11.8 Å². The third kappa shape index (κ3) is 5.41. The maximum atomic E-state index is 13.9. The SMILES string of the molecule is CN[C@@H](C)C(=O)N[C@H](C(=O)N1CCC[C@H]1Cn1cc(C(C)=O)c2cccc(Cl)c21)C1CCCCC1. The van der Waals surface area contributed by atoms with Crippen LogP contribution < -0.4 is 10.6 Å². The Hall–Kier alpha value is -2.38. The molecule has 190 valence electrons. The van der Waals surface area contributed by atoms with Crippen LogP contribution in [0.4, 0.5) is 0 Å². The van der Waals surface area contributed by atoms with E-state index in [1.807, 2.05) is 40.8 Å². The van der Waals surface area contributed by atoms with Gasteiger partial charge in [0.25, 0.3) is 0 Å². The van der Waals surface area contributed by atoms with E-state index in [-0.39, 0.29) is 35.6 Å². The zero-order chi connectivity index (χ0) is 25.1. The highest BCUT2D eigenvalue weighted by Gasteiger charge is 2.39. The first-order valence-corrected chi connectivity index (χ1v) is 13.3. The molecule has 0 bridgehead atoms. The molecule has 0 unspecified atom stereocenters. The monoisotopic (exact) mass is 500 g/mol. The van der Waals surface area contributed by atoms with Gasteiger partial charge in [0.15, 0.2) is 5.78 Å². The van der Waals surface area contributed by atoms with Gasteiger partial charge in [-0.2, -0.15) is 0 Å². The number of likely N-dealkylation sites (N-methyl/N-ethyl adjacent to an activating group) is 1. The summed E-state index contributed by atoms with van der Waals surface area (Å²) < 4.78 is 2.03. The number of nitrogens with zero attached hydrogens (tertiary/aromatic N) is 2. The van der Waals surface area contributed by atoms with Gasteiger partial charge < -0.3 is 20.1 Å². The minimum absolute atomic E-state index is 0.00546. The van der Waals surface area contributed by atoms with Crippen molar-refractivity contribution in [3.8, 4) is 0 Å². The molecule has 2 fully saturated rings. The Kier molecular flexibility index (Phi) is 8.17. The largest absolute Gasteiger partial charge is 0.343 e. The van der Waals surface area contributed by atoms with E-state index < -0.39 is 6.04 Å². The summed E-state index contributed by atoms with van der Waals surface area (Å²) >= 11 is 6.55. The summed E-state index contributed by atoms with van der Waals surface area (Å²) in [5, 5.41) is 7.51. The molecule has 1 aromatic carbocycles. The molecule has 2 aromatic rings. The highest BCUT2D eigenvalue weighted by molar-refractivity contribution is 6.35. The average molecular weight is 501 g/mol. The molecule has 0 radical (unpaired) electrons. The van der Waals surface area contributed by atoms with Crippen LogP contribution in [0.5, 0.6) is 0 Å². The van der Waals surface area contributed by atoms with Crippen molar-refractivity contribution >= 4 is 40.1 Å². The first-order chi connectivity index (χ1) is 16.8. The third-order valence-corrected chi connectivity index (χ3v) is 8.11. The molecule has 2 heterocycles. The van der Waals surface area contributed by atoms with E-state index in [4.69, 9.17) is 11.6 Å². The Balaban J connectivity index is 1.60. The molecule has 1 aliphatic heterocycles. The van der Waals surface area contributed by atoms with E-state index >= 15 is 0 Å². The quantitative estimate of drug-likeness (QED) is 0.533. The Morgan fingerprint density at radius 2 is 1.86 bits per heavy atom. The molecular formula is C27H37ClN4O3. The lowest BCUT2D eigenvalue weighted by atomic mass is 9.83. The first kappa shape index (κ1) is 25.7. The molecule has 1 aliphatic carbocycles. The lowest BCUT2D eigenvalue weighted by Gasteiger charge is -2.35. The summed E-state index contributed by atoms with van der Waals surface area (Å²) in [6.07, 6.45) is 8.96. The number of para-hydroxylation sites is 1. The van der Waals surface area contributed by atoms with E-state index in [9.17, 15) is 14.4 Å². The summed E-state index contributed by atoms with van der Waals surface area (Å²) in [6.45, 7) is 4.62. The van der Waals surface area contributed by atoms with Crippen LogP contribution >= 0.6 is 11.6 Å². The number of nitrogens with one attached hydrogen (secondary N) is 2. The molecule has 8 heteroatoms. The lowest BCUT2D eigenvalue weighted by molar-refractivity contribution is -0.139. The molecular weight excluding hydrogens is 464 g/mol. The second-order valence-electron chi connectivity index (χ2n) is 10.1. The van der Waals surface area contributed by atoms with E-state index in [1.54, 1.807) is 14.0 Å². The van der Waals surface area contributed by atoms with Crippen LogP contribution in [0.1, 0.15) is 69.2 Å². The molecule has 1 aromatic heterocycles. The second-order valence-corrected chi connectivity index (χ2v) is 10.5. The van der Waals surface area contributed by atoms with Crippen molar-refractivity contribution in [1.82, 2.24) is 20.1 Å². The van der Waals surface area contributed by atoms with Crippen molar-refractivity contribution in [2.75, 3.05) is 13.6 Å². The number of halogens is 1. The number of benzene rings is 1. The van der Waals surface area contributed by atoms with E-state index in [2.05, 4.69) is 10.6 Å². The van der Waals surface area contributed by atoms with Crippen molar-refractivity contribution in [2.45, 2.75) is 83.5 Å². The van der Waals surface area contributed by atoms with E-state index in [0.717, 1.165) is 49.4 Å². The standard InChI is InChI=1S/C27H37ClN4O3/c1-17(29-3)26(34)30-24(19-9-5-4-6-10-19)27(35)32-14-8-11-20(32)15-31-16-22(18(2)33)21-12-7-13-23(28)25(21)31/h7,12-13,16-17,19-20,24,29H,4-6,8-11,14-15H2,1-3H3,(H,30,34)/t17-,20-,24-/m0/s1. The van der Waals surface area contributed by atoms with Crippen LogP contribution in [0, 0.1) is 5.92 Å². The number of hydrogen-bond acceptors (Lipinski definition) is 4. The fourth-order valence-electron chi connectivity index (χ4n) is 5.72. The number of rotatable bonds is 8. The van der Waals surface area contributed by atoms with Crippen LogP contribution in [0.25, 0.3) is 10.9 Å². The highest BCUT2D eigenvalue weighted by Crippen LogP contribution is 2.32. The maximum Gasteiger partial charge on any atom is 0.245 e. The minimum atomic E-state index is -0.503. The summed E-state index contributed by atoms with van der Waals surface area (Å²) in [4.78, 5) is 40.9. The van der Waals surface area contributed by atoms with Gasteiger partial charge in [-0.3, -0.25) is 14.4 Å². The van der Waals surface area contributed by atoms with Crippen LogP contribution in [0.3, 0.4) is 0 Å². The molecule has 4 rings (SSSR count). The number of carbonyl (C=O) groups is 3. The lowest BCUT2D eigenvalue weighted by Crippen LogP contribution is -2.56. The van der Waals surface area contributed by atoms with Crippen molar-refractivity contribution in [1.29, 1.82) is 0 Å². The number of carbonyl (C=O) groups excluding carboxylic acids is 3. The van der Waals surface area contributed by atoms with Gasteiger partial charge in [-0.15, -0.1) is 0 Å². The van der Waals surface area contributed by atoms with E-state index in [1.165, 1.54) is 6.42 Å². The number of amides is 2. The summed E-state index contributed by atoms with van der Waals surface area (Å²) in [7, 11) is 1.75. The number of ketones is 1. The van der Waals surface area contributed by atoms with Gasteiger partial charge in [-0.1, -0.05) is 43.0 Å². The summed E-state index contributed by atoms with van der Waals surface area (Å²) in [5.41, 5.74) is 1.48. The minimum Gasteiger partial charge on any atom is -0.343 e. The molecule has 2 aliphatic rings. The topological polar surface area (TPSA) is 83.4 Å². The summed E-state index contributed by atoms with van der Waals surface area (Å²) in [6, 6.07) is 4.73. The van der Waals surface area contributed by atoms with Crippen LogP contribution in [-0.4, -0.2) is 58.8 Å². The molecule has 2 N–H and O–H groups in total. The van der Waals surface area contributed by atoms with Gasteiger partial charge in [0.1, 0.15) is 6.04 Å². The van der Waals surface area contributed by atoms with Crippen LogP contribution in [-0.2, 0) is 16.1 Å². The van der Waals surface area contributed by atoms with Gasteiger partial charge in [-0.05, 0) is 58.6 Å². The Bertz CT molecular complexity index is 1090. The number of fused-ring (bicyclic) bond motifs is 1. The number of aromatic nitrogens is 1. The number of Topliss-reactive ketones (excluding diaryl/α,β-unsaturated/α-hetero) is 1. The van der Waals surface area contributed by atoms with E-state index in [0.29, 0.717) is 23.7 Å². The predicted molar refractivity (Wildman–Crippen MR) is 139 cm³/mol. The molecule has 2 amide bonds. The van der Waals surface area contributed by atoms with Crippen molar-refractivity contribution < 1.29 is 14.4 Å². The van der Waals surface area contributed by atoms with Gasteiger partial charge >= 0.3 is 0 Å². The fraction of sp³-hybridized carbons (Fsp3) is 0.593. The first-order valence-electron chi connectivity index (χ1n) is 12.9. The molecule has 3 atom stereocenters. The Morgan fingerprint density at radius 3 is 2.54 bits per heavy atom. The number of likely N-dealkylation sites (tertiary alicyclic amines) is 1. The van der Waals surface area contributed by atoms with Crippen LogP contribution in [0.15, 0.2) is 24.4 Å². The second kappa shape index (κ2) is 11.1. The molecule has 1 saturated heterocycles. The van der Waals surface area contributed by atoms with Gasteiger partial charge in [0, 0.05) is 36.3 Å². The average Bonchev–Trinajstić information content (AvgIpc) is 3.47. The Labute approximate surface area is 212 Å². The molecule has 35 heavy (non-hydrogen) atoms. The normalized spacial score (nSPS) is 20.7. The maximum absolute atomic E-state index is 13.9. The fourth-order valence-corrected chi connectivity index (χ4v) is 6.00. The molecule has 0 spiro atoms. The van der Waals surface area contributed by atoms with Crippen molar-refractivity contribution in [3.05, 3.63) is 35.0 Å². The smallest absolute Gasteiger partial charge is 0.245 e. The van der Waals surface area contributed by atoms with Crippen molar-refractivity contribution in [3.63, 3.8) is 0 Å². The highest BCUT2D eigenvalue weighted by atomic mass is 35.5. The predicted octanol–water partition coefficient (Wildman–Crippen LogP) is 4.16. The van der Waals surface area contributed by atoms with Crippen LogP contribution in [0.2, 0.25) is 5.02 Å². The third-order valence-electron chi connectivity index (χ3n) is 7.81. The molecule has 7 nitrogen and oxygen atoms in total. The molecule has 1 saturated carbocycles. The van der Waals surface area contributed by atoms with Gasteiger partial charge in [0.05, 0.1) is 16.6 Å². The van der Waals surface area contributed by atoms with Gasteiger partial charge in [-0.25, -0.2) is 0 Å². The summed E-state index contributed by atoms with van der Waals surface area (Å²) in [5.74, 6) is 0.0395. The Morgan fingerprint density at radius 1 is 1.11 bits per heavy atom.